The fraction of sp³-hybridized carbons (Fsp3) is 0.214. The van der Waals surface area contributed by atoms with Crippen LogP contribution in [-0.2, 0) is 4.74 Å². The van der Waals surface area contributed by atoms with Crippen molar-refractivity contribution >= 4 is 5.97 Å². The first kappa shape index (κ1) is 13.8. The highest BCUT2D eigenvalue weighted by Crippen LogP contribution is 2.23. The van der Waals surface area contributed by atoms with E-state index >= 15 is 0 Å². The van der Waals surface area contributed by atoms with E-state index in [0.29, 0.717) is 18.9 Å². The summed E-state index contributed by atoms with van der Waals surface area (Å²) >= 11 is 0. The van der Waals surface area contributed by atoms with Crippen LogP contribution in [0.5, 0.6) is 5.75 Å². The quantitative estimate of drug-likeness (QED) is 0.645. The number of hydrogen-bond acceptors (Lipinski definition) is 5. The largest absolute Gasteiger partial charge is 0.490 e. The number of carbonyl (C=O) groups is 1. The van der Waals surface area contributed by atoms with Crippen molar-refractivity contribution in [2.45, 2.75) is 6.92 Å². The fourth-order valence-electron chi connectivity index (χ4n) is 1.64. The van der Waals surface area contributed by atoms with Gasteiger partial charge in [0.15, 0.2) is 5.69 Å². The summed E-state index contributed by atoms with van der Waals surface area (Å²) in [5.74, 6) is 0.220. The highest BCUT2D eigenvalue weighted by Gasteiger charge is 2.18. The van der Waals surface area contributed by atoms with Gasteiger partial charge in [0.05, 0.1) is 6.61 Å². The zero-order valence-corrected chi connectivity index (χ0v) is 11.1. The Morgan fingerprint density at radius 1 is 1.35 bits per heavy atom. The number of carbonyl (C=O) groups excluding carboxylic acids is 1. The van der Waals surface area contributed by atoms with Crippen LogP contribution in [0.25, 0.3) is 11.3 Å². The molecule has 0 spiro atoms. The van der Waals surface area contributed by atoms with Gasteiger partial charge < -0.3 is 9.47 Å². The van der Waals surface area contributed by atoms with Crippen LogP contribution in [0.1, 0.15) is 17.4 Å². The van der Waals surface area contributed by atoms with E-state index in [4.69, 9.17) is 9.47 Å². The molecule has 0 atom stereocenters. The molecular formula is C14H15N3O3. The van der Waals surface area contributed by atoms with Crippen LogP contribution in [0.15, 0.2) is 36.9 Å². The first-order valence-electron chi connectivity index (χ1n) is 6.18. The summed E-state index contributed by atoms with van der Waals surface area (Å²) in [7, 11) is 0. The summed E-state index contributed by atoms with van der Waals surface area (Å²) in [4.78, 5) is 11.7. The number of hydrogen-bond donors (Lipinski definition) is 1. The SMILES string of the molecule is C=CCOc1ccc(-c2n[nH]nc2C(=O)OCC)cc1. The molecule has 104 valence electrons. The van der Waals surface area contributed by atoms with Gasteiger partial charge in [-0.2, -0.15) is 10.3 Å². The van der Waals surface area contributed by atoms with Crippen LogP contribution in [0, 0.1) is 0 Å². The molecule has 1 aromatic carbocycles. The van der Waals surface area contributed by atoms with Crippen molar-refractivity contribution in [3.05, 3.63) is 42.6 Å². The lowest BCUT2D eigenvalue weighted by Crippen LogP contribution is -2.06. The number of nitrogens with one attached hydrogen (secondary N) is 1. The molecule has 1 heterocycles. The lowest BCUT2D eigenvalue weighted by Gasteiger charge is -2.04. The minimum absolute atomic E-state index is 0.173. The van der Waals surface area contributed by atoms with Gasteiger partial charge in [0.1, 0.15) is 18.1 Å². The Labute approximate surface area is 116 Å². The minimum atomic E-state index is -0.497. The fourth-order valence-corrected chi connectivity index (χ4v) is 1.64. The van der Waals surface area contributed by atoms with E-state index in [-0.39, 0.29) is 5.69 Å². The van der Waals surface area contributed by atoms with E-state index in [9.17, 15) is 4.79 Å². The number of benzene rings is 1. The second-order valence-electron chi connectivity index (χ2n) is 3.87. The Morgan fingerprint density at radius 2 is 2.10 bits per heavy atom. The average Bonchev–Trinajstić information content (AvgIpc) is 2.95. The van der Waals surface area contributed by atoms with Crippen molar-refractivity contribution in [1.82, 2.24) is 15.4 Å². The smallest absolute Gasteiger partial charge is 0.361 e. The Hall–Kier alpha value is -2.63. The van der Waals surface area contributed by atoms with Gasteiger partial charge in [0.2, 0.25) is 0 Å². The molecule has 0 saturated carbocycles. The third-order valence-corrected chi connectivity index (χ3v) is 2.51. The summed E-state index contributed by atoms with van der Waals surface area (Å²) in [5.41, 5.74) is 1.39. The molecule has 1 aromatic heterocycles. The maximum Gasteiger partial charge on any atom is 0.361 e. The van der Waals surface area contributed by atoms with E-state index in [1.54, 1.807) is 37.3 Å². The van der Waals surface area contributed by atoms with Crippen LogP contribution >= 0.6 is 0 Å². The average molecular weight is 273 g/mol. The van der Waals surface area contributed by atoms with Gasteiger partial charge in [-0.1, -0.05) is 12.7 Å². The molecule has 0 radical (unpaired) electrons. The third kappa shape index (κ3) is 3.03. The number of aromatic amines is 1. The van der Waals surface area contributed by atoms with Crippen LogP contribution in [0.4, 0.5) is 0 Å². The highest BCUT2D eigenvalue weighted by molar-refractivity contribution is 5.93. The Balaban J connectivity index is 2.21. The van der Waals surface area contributed by atoms with E-state index < -0.39 is 5.97 Å². The van der Waals surface area contributed by atoms with E-state index in [1.165, 1.54) is 0 Å². The number of nitrogens with zero attached hydrogens (tertiary/aromatic N) is 2. The van der Waals surface area contributed by atoms with Crippen molar-refractivity contribution in [3.8, 4) is 17.0 Å². The molecule has 1 N–H and O–H groups in total. The molecule has 6 nitrogen and oxygen atoms in total. The number of H-pyrrole nitrogens is 1. The molecule has 2 aromatic rings. The standard InChI is InChI=1S/C14H15N3O3/c1-3-9-20-11-7-5-10(6-8-11)12-13(16-17-15-12)14(18)19-4-2/h3,5-8H,1,4,9H2,2H3,(H,15,16,17). The molecule has 2 rings (SSSR count). The van der Waals surface area contributed by atoms with Crippen molar-refractivity contribution < 1.29 is 14.3 Å². The second-order valence-corrected chi connectivity index (χ2v) is 3.87. The summed E-state index contributed by atoms with van der Waals surface area (Å²) in [5, 5.41) is 10.3. The Bertz CT molecular complexity index is 590. The van der Waals surface area contributed by atoms with Gasteiger partial charge in [0.25, 0.3) is 0 Å². The predicted octanol–water partition coefficient (Wildman–Crippen LogP) is 2.21. The Morgan fingerprint density at radius 3 is 2.75 bits per heavy atom. The van der Waals surface area contributed by atoms with Crippen LogP contribution in [0.2, 0.25) is 0 Å². The molecule has 0 fully saturated rings. The van der Waals surface area contributed by atoms with Crippen molar-refractivity contribution in [2.75, 3.05) is 13.2 Å². The van der Waals surface area contributed by atoms with Crippen LogP contribution < -0.4 is 4.74 Å². The topological polar surface area (TPSA) is 77.1 Å². The van der Waals surface area contributed by atoms with Crippen molar-refractivity contribution in [1.29, 1.82) is 0 Å². The first-order chi connectivity index (χ1) is 9.76. The molecule has 0 aliphatic carbocycles. The van der Waals surface area contributed by atoms with E-state index in [0.717, 1.165) is 11.3 Å². The van der Waals surface area contributed by atoms with Gasteiger partial charge in [-0.15, -0.1) is 5.10 Å². The zero-order chi connectivity index (χ0) is 14.4. The van der Waals surface area contributed by atoms with Crippen LogP contribution in [0.3, 0.4) is 0 Å². The zero-order valence-electron chi connectivity index (χ0n) is 11.1. The van der Waals surface area contributed by atoms with Gasteiger partial charge >= 0.3 is 5.97 Å². The summed E-state index contributed by atoms with van der Waals surface area (Å²) < 4.78 is 10.3. The van der Waals surface area contributed by atoms with Gasteiger partial charge in [-0.25, -0.2) is 4.79 Å². The van der Waals surface area contributed by atoms with Crippen LogP contribution in [-0.4, -0.2) is 34.6 Å². The number of ether oxygens (including phenoxy) is 2. The monoisotopic (exact) mass is 273 g/mol. The first-order valence-corrected chi connectivity index (χ1v) is 6.18. The number of aromatic nitrogens is 3. The van der Waals surface area contributed by atoms with Crippen molar-refractivity contribution in [2.24, 2.45) is 0 Å². The van der Waals surface area contributed by atoms with Gasteiger partial charge in [-0.3, -0.25) is 0 Å². The summed E-state index contributed by atoms with van der Waals surface area (Å²) in [6.45, 7) is 6.06. The maximum absolute atomic E-state index is 11.7. The highest BCUT2D eigenvalue weighted by atomic mass is 16.5. The molecule has 0 saturated heterocycles. The van der Waals surface area contributed by atoms with Gasteiger partial charge in [0, 0.05) is 5.56 Å². The lowest BCUT2D eigenvalue weighted by molar-refractivity contribution is 0.0520. The number of rotatable bonds is 6. The lowest BCUT2D eigenvalue weighted by atomic mass is 10.1. The molecule has 0 bridgehead atoms. The molecule has 0 aliphatic heterocycles. The van der Waals surface area contributed by atoms with Gasteiger partial charge in [-0.05, 0) is 31.2 Å². The maximum atomic E-state index is 11.7. The third-order valence-electron chi connectivity index (χ3n) is 2.51. The molecular weight excluding hydrogens is 258 g/mol. The molecule has 6 heteroatoms. The second kappa shape index (κ2) is 6.51. The molecule has 0 unspecified atom stereocenters. The summed E-state index contributed by atoms with van der Waals surface area (Å²) in [6.07, 6.45) is 1.67. The van der Waals surface area contributed by atoms with Crippen molar-refractivity contribution in [3.63, 3.8) is 0 Å². The molecule has 0 aliphatic rings. The Kier molecular flexibility index (Phi) is 4.49. The van der Waals surface area contributed by atoms with E-state index in [2.05, 4.69) is 22.0 Å². The minimum Gasteiger partial charge on any atom is -0.490 e. The number of esters is 1. The molecule has 0 amide bonds. The van der Waals surface area contributed by atoms with E-state index in [1.807, 2.05) is 0 Å². The molecule has 20 heavy (non-hydrogen) atoms. The normalized spacial score (nSPS) is 10.1. The summed E-state index contributed by atoms with van der Waals surface area (Å²) in [6, 6.07) is 7.20. The predicted molar refractivity (Wildman–Crippen MR) is 73.5 cm³/mol.